The first kappa shape index (κ1) is 10.3. The molecule has 0 aromatic carbocycles. The second kappa shape index (κ2) is 5.07. The molecule has 1 heterocycles. The SMILES string of the molecule is CCC(C)SCc1cnc(N)cn1. The van der Waals surface area contributed by atoms with E-state index in [0.717, 1.165) is 11.4 Å². The Morgan fingerprint density at radius 1 is 1.46 bits per heavy atom. The number of hydrogen-bond donors (Lipinski definition) is 1. The monoisotopic (exact) mass is 197 g/mol. The van der Waals surface area contributed by atoms with Gasteiger partial charge in [0.25, 0.3) is 0 Å². The van der Waals surface area contributed by atoms with E-state index >= 15 is 0 Å². The van der Waals surface area contributed by atoms with Crippen LogP contribution in [0.4, 0.5) is 5.82 Å². The van der Waals surface area contributed by atoms with Crippen LogP contribution in [0.15, 0.2) is 12.4 Å². The normalized spacial score (nSPS) is 12.8. The van der Waals surface area contributed by atoms with Gasteiger partial charge in [0, 0.05) is 11.0 Å². The maximum atomic E-state index is 5.43. The van der Waals surface area contributed by atoms with Gasteiger partial charge in [0.05, 0.1) is 18.1 Å². The lowest BCUT2D eigenvalue weighted by atomic mass is 10.4. The molecule has 3 nitrogen and oxygen atoms in total. The topological polar surface area (TPSA) is 51.8 Å². The minimum absolute atomic E-state index is 0.484. The predicted molar refractivity (Wildman–Crippen MR) is 57.5 cm³/mol. The molecule has 2 N–H and O–H groups in total. The molecule has 13 heavy (non-hydrogen) atoms. The first-order chi connectivity index (χ1) is 6.22. The third-order valence-corrected chi connectivity index (χ3v) is 3.18. The van der Waals surface area contributed by atoms with Crippen LogP contribution in [0.2, 0.25) is 0 Å². The number of aromatic nitrogens is 2. The van der Waals surface area contributed by atoms with E-state index in [2.05, 4.69) is 23.8 Å². The Morgan fingerprint density at radius 2 is 2.23 bits per heavy atom. The molecule has 0 fully saturated rings. The van der Waals surface area contributed by atoms with Crippen LogP contribution in [-0.4, -0.2) is 15.2 Å². The third-order valence-electron chi connectivity index (χ3n) is 1.82. The maximum absolute atomic E-state index is 5.43. The van der Waals surface area contributed by atoms with Crippen molar-refractivity contribution in [1.82, 2.24) is 9.97 Å². The van der Waals surface area contributed by atoms with Gasteiger partial charge >= 0.3 is 0 Å². The van der Waals surface area contributed by atoms with E-state index in [9.17, 15) is 0 Å². The smallest absolute Gasteiger partial charge is 0.141 e. The van der Waals surface area contributed by atoms with E-state index < -0.39 is 0 Å². The quantitative estimate of drug-likeness (QED) is 0.803. The van der Waals surface area contributed by atoms with Gasteiger partial charge in [-0.05, 0) is 6.42 Å². The standard InChI is InChI=1S/C9H15N3S/c1-3-7(2)13-6-8-4-12-9(10)5-11-8/h4-5,7H,3,6H2,1-2H3,(H2,10,12). The second-order valence-corrected chi connectivity index (χ2v) is 4.39. The van der Waals surface area contributed by atoms with Gasteiger partial charge in [-0.15, -0.1) is 0 Å². The molecule has 0 spiro atoms. The van der Waals surface area contributed by atoms with E-state index in [1.165, 1.54) is 6.42 Å². The summed E-state index contributed by atoms with van der Waals surface area (Å²) >= 11 is 1.89. The van der Waals surface area contributed by atoms with Gasteiger partial charge in [-0.1, -0.05) is 13.8 Å². The zero-order valence-electron chi connectivity index (χ0n) is 8.03. The zero-order valence-corrected chi connectivity index (χ0v) is 8.84. The lowest BCUT2D eigenvalue weighted by Crippen LogP contribution is -1.97. The lowest BCUT2D eigenvalue weighted by Gasteiger charge is -2.06. The Kier molecular flexibility index (Phi) is 4.02. The molecule has 0 aliphatic carbocycles. The number of nitrogens with two attached hydrogens (primary N) is 1. The van der Waals surface area contributed by atoms with Crippen LogP contribution in [0, 0.1) is 0 Å². The van der Waals surface area contributed by atoms with Crippen LogP contribution in [0.25, 0.3) is 0 Å². The van der Waals surface area contributed by atoms with Gasteiger partial charge in [-0.3, -0.25) is 4.98 Å². The fourth-order valence-corrected chi connectivity index (χ4v) is 1.62. The summed E-state index contributed by atoms with van der Waals surface area (Å²) in [4.78, 5) is 8.16. The van der Waals surface area contributed by atoms with Crippen molar-refractivity contribution in [2.24, 2.45) is 0 Å². The predicted octanol–water partition coefficient (Wildman–Crippen LogP) is 2.09. The van der Waals surface area contributed by atoms with Gasteiger partial charge in [0.2, 0.25) is 0 Å². The summed E-state index contributed by atoms with van der Waals surface area (Å²) in [5, 5.41) is 0.680. The highest BCUT2D eigenvalue weighted by atomic mass is 32.2. The van der Waals surface area contributed by atoms with E-state index in [4.69, 9.17) is 5.73 Å². The molecule has 0 aliphatic rings. The molecule has 1 atom stereocenters. The van der Waals surface area contributed by atoms with Crippen molar-refractivity contribution in [1.29, 1.82) is 0 Å². The van der Waals surface area contributed by atoms with E-state index in [1.54, 1.807) is 12.4 Å². The molecular formula is C9H15N3S. The highest BCUT2D eigenvalue weighted by molar-refractivity contribution is 7.99. The molecule has 1 unspecified atom stereocenters. The largest absolute Gasteiger partial charge is 0.382 e. The van der Waals surface area contributed by atoms with Crippen molar-refractivity contribution >= 4 is 17.6 Å². The highest BCUT2D eigenvalue weighted by Gasteiger charge is 2.01. The van der Waals surface area contributed by atoms with Crippen molar-refractivity contribution in [3.63, 3.8) is 0 Å². The Balaban J connectivity index is 2.41. The first-order valence-corrected chi connectivity index (χ1v) is 5.45. The lowest BCUT2D eigenvalue weighted by molar-refractivity contribution is 0.903. The molecule has 72 valence electrons. The molecule has 0 amide bonds. The summed E-state index contributed by atoms with van der Waals surface area (Å²) in [7, 11) is 0. The molecule has 0 saturated heterocycles. The fraction of sp³-hybridized carbons (Fsp3) is 0.556. The molecule has 0 aliphatic heterocycles. The summed E-state index contributed by atoms with van der Waals surface area (Å²) in [6.07, 6.45) is 4.53. The number of anilines is 1. The van der Waals surface area contributed by atoms with Gasteiger partial charge in [-0.2, -0.15) is 11.8 Å². The zero-order chi connectivity index (χ0) is 9.68. The summed E-state index contributed by atoms with van der Waals surface area (Å²) in [5.74, 6) is 1.40. The van der Waals surface area contributed by atoms with Crippen LogP contribution in [-0.2, 0) is 5.75 Å². The maximum Gasteiger partial charge on any atom is 0.141 e. The Labute approximate surface area is 83.2 Å². The van der Waals surface area contributed by atoms with Crippen LogP contribution in [0.5, 0.6) is 0 Å². The van der Waals surface area contributed by atoms with Crippen molar-refractivity contribution in [3.8, 4) is 0 Å². The molecule has 1 aromatic heterocycles. The van der Waals surface area contributed by atoms with Crippen LogP contribution in [0.1, 0.15) is 26.0 Å². The summed E-state index contributed by atoms with van der Waals surface area (Å²) in [6, 6.07) is 0. The highest BCUT2D eigenvalue weighted by Crippen LogP contribution is 2.17. The molecule has 1 aromatic rings. The number of thioether (sulfide) groups is 1. The summed E-state index contributed by atoms with van der Waals surface area (Å²) in [5.41, 5.74) is 6.43. The summed E-state index contributed by atoms with van der Waals surface area (Å²) < 4.78 is 0. The molecule has 0 bridgehead atoms. The van der Waals surface area contributed by atoms with Gasteiger partial charge < -0.3 is 5.73 Å². The number of rotatable bonds is 4. The molecule has 4 heteroatoms. The van der Waals surface area contributed by atoms with Crippen molar-refractivity contribution in [2.75, 3.05) is 5.73 Å². The minimum atomic E-state index is 0.484. The average molecular weight is 197 g/mol. The Morgan fingerprint density at radius 3 is 2.77 bits per heavy atom. The summed E-state index contributed by atoms with van der Waals surface area (Å²) in [6.45, 7) is 4.40. The Bertz CT molecular complexity index is 248. The number of nitrogen functional groups attached to an aromatic ring is 1. The average Bonchev–Trinajstić information content (AvgIpc) is 2.16. The fourth-order valence-electron chi connectivity index (χ4n) is 0.785. The third kappa shape index (κ3) is 3.63. The van der Waals surface area contributed by atoms with Crippen molar-refractivity contribution in [2.45, 2.75) is 31.3 Å². The van der Waals surface area contributed by atoms with E-state index in [1.807, 2.05) is 11.8 Å². The van der Waals surface area contributed by atoms with Crippen molar-refractivity contribution in [3.05, 3.63) is 18.1 Å². The number of nitrogens with zero attached hydrogens (tertiary/aromatic N) is 2. The van der Waals surface area contributed by atoms with Crippen LogP contribution < -0.4 is 5.73 Å². The van der Waals surface area contributed by atoms with Gasteiger partial charge in [0.15, 0.2) is 0 Å². The molecular weight excluding hydrogens is 182 g/mol. The van der Waals surface area contributed by atoms with Gasteiger partial charge in [0.1, 0.15) is 5.82 Å². The first-order valence-electron chi connectivity index (χ1n) is 4.40. The Hall–Kier alpha value is -0.770. The van der Waals surface area contributed by atoms with Crippen LogP contribution >= 0.6 is 11.8 Å². The number of hydrogen-bond acceptors (Lipinski definition) is 4. The van der Waals surface area contributed by atoms with Crippen molar-refractivity contribution < 1.29 is 0 Å². The van der Waals surface area contributed by atoms with Crippen LogP contribution in [0.3, 0.4) is 0 Å². The van der Waals surface area contributed by atoms with Gasteiger partial charge in [-0.25, -0.2) is 4.98 Å². The van der Waals surface area contributed by atoms with E-state index in [0.29, 0.717) is 11.1 Å². The molecule has 0 saturated carbocycles. The minimum Gasteiger partial charge on any atom is -0.382 e. The van der Waals surface area contributed by atoms with E-state index in [-0.39, 0.29) is 0 Å². The second-order valence-electron chi connectivity index (χ2n) is 2.96. The molecule has 0 radical (unpaired) electrons. The molecule has 1 rings (SSSR count).